The summed E-state index contributed by atoms with van der Waals surface area (Å²) in [5.41, 5.74) is 1.66. The molecule has 1 heterocycles. The fourth-order valence-electron chi connectivity index (χ4n) is 1.55. The largest absolute Gasteiger partial charge is 0.465 e. The summed E-state index contributed by atoms with van der Waals surface area (Å²) < 4.78 is 10.7. The Kier molecular flexibility index (Phi) is 3.28. The monoisotopic (exact) mass is 295 g/mol. The van der Waals surface area contributed by atoms with Crippen LogP contribution in [0.1, 0.15) is 16.1 Å². The average Bonchev–Trinajstić information content (AvgIpc) is 2.70. The van der Waals surface area contributed by atoms with Gasteiger partial charge in [0.15, 0.2) is 0 Å². The number of ether oxygens (including phenoxy) is 1. The first-order chi connectivity index (χ1) is 8.13. The maximum Gasteiger partial charge on any atom is 0.343 e. The first kappa shape index (κ1) is 11.9. The van der Waals surface area contributed by atoms with E-state index in [4.69, 9.17) is 9.26 Å². The minimum absolute atomic E-state index is 0.366. The highest BCUT2D eigenvalue weighted by Gasteiger charge is 2.22. The molecule has 0 saturated heterocycles. The van der Waals surface area contributed by atoms with Crippen LogP contribution in [0.25, 0.3) is 11.3 Å². The summed E-state index contributed by atoms with van der Waals surface area (Å²) in [6.45, 7) is 1.68. The van der Waals surface area contributed by atoms with E-state index in [1.165, 1.54) is 7.11 Å². The number of hydrogen-bond acceptors (Lipinski definition) is 4. The van der Waals surface area contributed by atoms with Gasteiger partial charge < -0.3 is 9.26 Å². The number of nitrogens with zero attached hydrogens (tertiary/aromatic N) is 1. The van der Waals surface area contributed by atoms with Crippen LogP contribution in [-0.2, 0) is 4.74 Å². The molecule has 0 saturated carbocycles. The summed E-state index contributed by atoms with van der Waals surface area (Å²) >= 11 is 3.37. The zero-order valence-electron chi connectivity index (χ0n) is 9.36. The van der Waals surface area contributed by atoms with Gasteiger partial charge in [-0.3, -0.25) is 0 Å². The summed E-state index contributed by atoms with van der Waals surface area (Å²) in [5, 5.41) is 3.90. The van der Waals surface area contributed by atoms with Gasteiger partial charge in [-0.05, 0) is 19.1 Å². The van der Waals surface area contributed by atoms with E-state index in [1.807, 2.05) is 24.3 Å². The molecule has 1 aromatic heterocycles. The molecule has 88 valence electrons. The molecule has 2 aromatic rings. The third-order valence-electron chi connectivity index (χ3n) is 2.35. The van der Waals surface area contributed by atoms with Crippen molar-refractivity contribution in [3.8, 4) is 11.3 Å². The topological polar surface area (TPSA) is 52.3 Å². The molecular weight excluding hydrogens is 286 g/mol. The van der Waals surface area contributed by atoms with Crippen LogP contribution in [-0.4, -0.2) is 18.2 Å². The second kappa shape index (κ2) is 4.71. The fourth-order valence-corrected chi connectivity index (χ4v) is 1.95. The number of benzene rings is 1. The van der Waals surface area contributed by atoms with Gasteiger partial charge in [-0.25, -0.2) is 4.79 Å². The standard InChI is InChI=1S/C12H10BrNO3/c1-7-10(12(15)16-2)11(14-17-7)8-4-3-5-9(13)6-8/h3-6H,1-2H3. The van der Waals surface area contributed by atoms with E-state index in [2.05, 4.69) is 21.1 Å². The van der Waals surface area contributed by atoms with Crippen molar-refractivity contribution in [2.45, 2.75) is 6.92 Å². The molecule has 0 N–H and O–H groups in total. The van der Waals surface area contributed by atoms with Crippen LogP contribution >= 0.6 is 15.9 Å². The lowest BCUT2D eigenvalue weighted by Gasteiger charge is -2.01. The zero-order chi connectivity index (χ0) is 12.4. The number of methoxy groups -OCH3 is 1. The van der Waals surface area contributed by atoms with E-state index in [9.17, 15) is 4.79 Å². The Bertz CT molecular complexity index is 563. The van der Waals surface area contributed by atoms with Crippen LogP contribution in [0.3, 0.4) is 0 Å². The average molecular weight is 296 g/mol. The fraction of sp³-hybridized carbons (Fsp3) is 0.167. The lowest BCUT2D eigenvalue weighted by molar-refractivity contribution is 0.0599. The molecule has 1 aromatic carbocycles. The van der Waals surface area contributed by atoms with E-state index in [1.54, 1.807) is 6.92 Å². The van der Waals surface area contributed by atoms with Crippen molar-refractivity contribution >= 4 is 21.9 Å². The number of carbonyl (C=O) groups is 1. The van der Waals surface area contributed by atoms with Gasteiger partial charge in [0.1, 0.15) is 17.0 Å². The molecule has 0 aliphatic rings. The molecule has 0 unspecified atom stereocenters. The number of esters is 1. The molecule has 5 heteroatoms. The van der Waals surface area contributed by atoms with Crippen LogP contribution < -0.4 is 0 Å². The van der Waals surface area contributed by atoms with Gasteiger partial charge in [0.05, 0.1) is 7.11 Å². The van der Waals surface area contributed by atoms with E-state index < -0.39 is 5.97 Å². The molecule has 0 aliphatic carbocycles. The van der Waals surface area contributed by atoms with E-state index in [0.29, 0.717) is 17.0 Å². The van der Waals surface area contributed by atoms with Gasteiger partial charge in [0.25, 0.3) is 0 Å². The number of aromatic nitrogens is 1. The lowest BCUT2D eigenvalue weighted by atomic mass is 10.1. The van der Waals surface area contributed by atoms with Crippen LogP contribution in [0.4, 0.5) is 0 Å². The van der Waals surface area contributed by atoms with Gasteiger partial charge in [-0.15, -0.1) is 0 Å². The number of aryl methyl sites for hydroxylation is 1. The lowest BCUT2D eigenvalue weighted by Crippen LogP contribution is -2.03. The first-order valence-corrected chi connectivity index (χ1v) is 5.73. The van der Waals surface area contributed by atoms with Crippen LogP contribution in [0.2, 0.25) is 0 Å². The van der Waals surface area contributed by atoms with Gasteiger partial charge >= 0.3 is 5.97 Å². The SMILES string of the molecule is COC(=O)c1c(-c2cccc(Br)c2)noc1C. The predicted octanol–water partition coefficient (Wildman–Crippen LogP) is 3.20. The molecule has 2 rings (SSSR count). The Morgan fingerprint density at radius 2 is 2.24 bits per heavy atom. The Labute approximate surface area is 107 Å². The smallest absolute Gasteiger partial charge is 0.343 e. The van der Waals surface area contributed by atoms with Crippen molar-refractivity contribution in [2.24, 2.45) is 0 Å². The van der Waals surface area contributed by atoms with Crippen LogP contribution in [0.5, 0.6) is 0 Å². The summed E-state index contributed by atoms with van der Waals surface area (Å²) in [5.74, 6) is 0.00514. The second-order valence-electron chi connectivity index (χ2n) is 3.46. The summed E-state index contributed by atoms with van der Waals surface area (Å²) in [6.07, 6.45) is 0. The molecule has 0 fully saturated rings. The van der Waals surface area contributed by atoms with Gasteiger partial charge in [-0.1, -0.05) is 33.2 Å². The zero-order valence-corrected chi connectivity index (χ0v) is 10.9. The highest BCUT2D eigenvalue weighted by molar-refractivity contribution is 9.10. The van der Waals surface area contributed by atoms with Crippen molar-refractivity contribution in [3.05, 3.63) is 40.1 Å². The Morgan fingerprint density at radius 1 is 1.47 bits per heavy atom. The first-order valence-electron chi connectivity index (χ1n) is 4.94. The highest BCUT2D eigenvalue weighted by Crippen LogP contribution is 2.27. The predicted molar refractivity (Wildman–Crippen MR) is 65.7 cm³/mol. The molecular formula is C12H10BrNO3. The Hall–Kier alpha value is -1.62. The summed E-state index contributed by atoms with van der Waals surface area (Å²) in [7, 11) is 1.33. The Balaban J connectivity index is 2.57. The minimum atomic E-state index is -0.446. The number of rotatable bonds is 2. The van der Waals surface area contributed by atoms with Gasteiger partial charge in [0.2, 0.25) is 0 Å². The van der Waals surface area contributed by atoms with Crippen LogP contribution in [0.15, 0.2) is 33.3 Å². The van der Waals surface area contributed by atoms with E-state index in [-0.39, 0.29) is 0 Å². The molecule has 0 bridgehead atoms. The van der Waals surface area contributed by atoms with E-state index in [0.717, 1.165) is 10.0 Å². The maximum atomic E-state index is 11.6. The van der Waals surface area contributed by atoms with Crippen molar-refractivity contribution in [1.29, 1.82) is 0 Å². The number of hydrogen-bond donors (Lipinski definition) is 0. The summed E-state index contributed by atoms with van der Waals surface area (Å²) in [4.78, 5) is 11.6. The number of halogens is 1. The third-order valence-corrected chi connectivity index (χ3v) is 2.84. The molecule has 0 radical (unpaired) electrons. The van der Waals surface area contributed by atoms with Gasteiger partial charge in [0, 0.05) is 10.0 Å². The summed E-state index contributed by atoms with van der Waals surface area (Å²) in [6, 6.07) is 7.48. The minimum Gasteiger partial charge on any atom is -0.465 e. The van der Waals surface area contributed by atoms with E-state index >= 15 is 0 Å². The molecule has 0 aliphatic heterocycles. The molecule has 0 amide bonds. The van der Waals surface area contributed by atoms with Crippen molar-refractivity contribution in [2.75, 3.05) is 7.11 Å². The maximum absolute atomic E-state index is 11.6. The normalized spacial score (nSPS) is 10.3. The van der Waals surface area contributed by atoms with Crippen molar-refractivity contribution < 1.29 is 14.1 Å². The quantitative estimate of drug-likeness (QED) is 0.799. The molecule has 17 heavy (non-hydrogen) atoms. The Morgan fingerprint density at radius 3 is 2.88 bits per heavy atom. The molecule has 4 nitrogen and oxygen atoms in total. The van der Waals surface area contributed by atoms with Crippen molar-refractivity contribution in [1.82, 2.24) is 5.16 Å². The van der Waals surface area contributed by atoms with Crippen LogP contribution in [0, 0.1) is 6.92 Å². The third kappa shape index (κ3) is 2.24. The van der Waals surface area contributed by atoms with Gasteiger partial charge in [-0.2, -0.15) is 0 Å². The molecule has 0 atom stereocenters. The van der Waals surface area contributed by atoms with Crippen molar-refractivity contribution in [3.63, 3.8) is 0 Å². The molecule has 0 spiro atoms. The number of carbonyl (C=O) groups excluding carboxylic acids is 1. The highest BCUT2D eigenvalue weighted by atomic mass is 79.9. The second-order valence-corrected chi connectivity index (χ2v) is 4.38.